The molecule has 9 heteroatoms. The lowest BCUT2D eigenvalue weighted by atomic mass is 9.98. The summed E-state index contributed by atoms with van der Waals surface area (Å²) in [6.07, 6.45) is 0. The van der Waals surface area contributed by atoms with Crippen molar-refractivity contribution in [3.05, 3.63) is 63.6 Å². The van der Waals surface area contributed by atoms with Gasteiger partial charge < -0.3 is 14.3 Å². The molecule has 0 aliphatic rings. The molecule has 31 heavy (non-hydrogen) atoms. The molecular weight excluding hydrogens is 398 g/mol. The predicted octanol–water partition coefficient (Wildman–Crippen LogP) is 2.87. The molecule has 0 fully saturated rings. The van der Waals surface area contributed by atoms with E-state index in [-0.39, 0.29) is 18.2 Å². The van der Waals surface area contributed by atoms with Gasteiger partial charge in [-0.1, -0.05) is 25.1 Å². The van der Waals surface area contributed by atoms with Gasteiger partial charge in [0.2, 0.25) is 0 Å². The lowest BCUT2D eigenvalue weighted by Crippen LogP contribution is -2.23. The molecular formula is C22H27N5O4. The minimum atomic E-state index is -0.353. The molecule has 0 saturated carbocycles. The molecule has 0 saturated heterocycles. The maximum atomic E-state index is 12.4. The Labute approximate surface area is 180 Å². The second-order valence-electron chi connectivity index (χ2n) is 7.34. The maximum absolute atomic E-state index is 12.4. The minimum Gasteiger partial charge on any atom is -0.496 e. The summed E-state index contributed by atoms with van der Waals surface area (Å²) in [5.41, 5.74) is 3.70. The first-order valence-electron chi connectivity index (χ1n) is 9.87. The Bertz CT molecular complexity index is 1150. The Balaban J connectivity index is 1.92. The number of rotatable bonds is 8. The highest BCUT2D eigenvalue weighted by atomic mass is 16.6. The summed E-state index contributed by atoms with van der Waals surface area (Å²) >= 11 is 0. The zero-order valence-corrected chi connectivity index (χ0v) is 18.6. The molecule has 0 aliphatic heterocycles. The van der Waals surface area contributed by atoms with Crippen LogP contribution in [0, 0.1) is 12.8 Å². The molecule has 0 atom stereocenters. The van der Waals surface area contributed by atoms with Crippen molar-refractivity contribution in [1.29, 1.82) is 0 Å². The van der Waals surface area contributed by atoms with Crippen LogP contribution in [0.3, 0.4) is 0 Å². The van der Waals surface area contributed by atoms with E-state index >= 15 is 0 Å². The Kier molecular flexibility index (Phi) is 6.74. The quantitative estimate of drug-likeness (QED) is 0.407. The Morgan fingerprint density at radius 2 is 1.90 bits per heavy atom. The van der Waals surface area contributed by atoms with Gasteiger partial charge in [0.05, 0.1) is 24.1 Å². The van der Waals surface area contributed by atoms with Crippen LogP contribution in [0.15, 0.2) is 46.3 Å². The summed E-state index contributed by atoms with van der Waals surface area (Å²) in [5.74, 6) is 1.53. The highest BCUT2D eigenvalue weighted by Crippen LogP contribution is 2.28. The molecule has 0 bridgehead atoms. The van der Waals surface area contributed by atoms with Crippen LogP contribution in [0.2, 0.25) is 0 Å². The molecule has 0 unspecified atom stereocenters. The second-order valence-corrected chi connectivity index (χ2v) is 7.34. The third kappa shape index (κ3) is 4.60. The molecule has 164 valence electrons. The zero-order chi connectivity index (χ0) is 22.5. The number of nitrogens with zero attached hydrogens (tertiary/aromatic N) is 5. The molecule has 3 rings (SSSR count). The van der Waals surface area contributed by atoms with Crippen LogP contribution in [0.1, 0.15) is 30.5 Å². The van der Waals surface area contributed by atoms with Crippen molar-refractivity contribution >= 4 is 5.71 Å². The van der Waals surface area contributed by atoms with E-state index in [1.165, 1.54) is 9.36 Å². The standard InChI is InChI=1S/C22H27N5O4/c1-14(2)21(23-30-6)16-10-11-19(15(3)12-16)31-13-17-18(8-7-9-20(17)29-5)27-22(28)26(4)24-25-27/h7-12,14H,13H2,1-6H3. The van der Waals surface area contributed by atoms with Gasteiger partial charge in [0.1, 0.15) is 25.2 Å². The number of aryl methyl sites for hydroxylation is 2. The Morgan fingerprint density at radius 1 is 1.13 bits per heavy atom. The highest BCUT2D eigenvalue weighted by Gasteiger charge is 2.17. The molecule has 2 aromatic carbocycles. The van der Waals surface area contributed by atoms with E-state index in [0.29, 0.717) is 22.7 Å². The van der Waals surface area contributed by atoms with Crippen LogP contribution in [0.5, 0.6) is 11.5 Å². The molecule has 0 spiro atoms. The molecule has 0 N–H and O–H groups in total. The first kappa shape index (κ1) is 22.1. The van der Waals surface area contributed by atoms with Gasteiger partial charge in [0.25, 0.3) is 0 Å². The van der Waals surface area contributed by atoms with Crippen molar-refractivity contribution in [3.63, 3.8) is 0 Å². The number of methoxy groups -OCH3 is 1. The van der Waals surface area contributed by atoms with Crippen molar-refractivity contribution in [3.8, 4) is 17.2 Å². The van der Waals surface area contributed by atoms with Gasteiger partial charge >= 0.3 is 5.69 Å². The number of oxime groups is 1. The predicted molar refractivity (Wildman–Crippen MR) is 117 cm³/mol. The van der Waals surface area contributed by atoms with Gasteiger partial charge in [0, 0.05) is 12.6 Å². The third-order valence-electron chi connectivity index (χ3n) is 4.86. The fourth-order valence-corrected chi connectivity index (χ4v) is 3.26. The van der Waals surface area contributed by atoms with Crippen LogP contribution >= 0.6 is 0 Å². The topological polar surface area (TPSA) is 92.8 Å². The zero-order valence-electron chi connectivity index (χ0n) is 18.6. The number of ether oxygens (including phenoxy) is 2. The van der Waals surface area contributed by atoms with Crippen LogP contribution in [-0.4, -0.2) is 39.7 Å². The van der Waals surface area contributed by atoms with Gasteiger partial charge in [-0.05, 0) is 59.2 Å². The summed E-state index contributed by atoms with van der Waals surface area (Å²) in [6.45, 7) is 6.29. The lowest BCUT2D eigenvalue weighted by molar-refractivity contribution is 0.212. The lowest BCUT2D eigenvalue weighted by Gasteiger charge is -2.16. The molecule has 1 heterocycles. The third-order valence-corrected chi connectivity index (χ3v) is 4.86. The summed E-state index contributed by atoms with van der Waals surface area (Å²) in [4.78, 5) is 17.3. The minimum absolute atomic E-state index is 0.186. The van der Waals surface area contributed by atoms with E-state index in [4.69, 9.17) is 14.3 Å². The Hall–Kier alpha value is -3.62. The van der Waals surface area contributed by atoms with E-state index in [0.717, 1.165) is 16.8 Å². The fraction of sp³-hybridized carbons (Fsp3) is 0.364. The number of hydrogen-bond acceptors (Lipinski definition) is 7. The summed E-state index contributed by atoms with van der Waals surface area (Å²) < 4.78 is 14.0. The van der Waals surface area contributed by atoms with Crippen LogP contribution in [-0.2, 0) is 18.5 Å². The number of benzene rings is 2. The van der Waals surface area contributed by atoms with E-state index in [2.05, 4.69) is 29.4 Å². The first-order valence-corrected chi connectivity index (χ1v) is 9.87. The van der Waals surface area contributed by atoms with E-state index in [9.17, 15) is 4.79 Å². The summed E-state index contributed by atoms with van der Waals surface area (Å²) in [7, 11) is 4.66. The van der Waals surface area contributed by atoms with Gasteiger partial charge in [-0.2, -0.15) is 9.36 Å². The van der Waals surface area contributed by atoms with Gasteiger partial charge in [-0.25, -0.2) is 4.79 Å². The highest BCUT2D eigenvalue weighted by molar-refractivity contribution is 6.01. The van der Waals surface area contributed by atoms with E-state index in [1.807, 2.05) is 31.2 Å². The summed E-state index contributed by atoms with van der Waals surface area (Å²) in [6, 6.07) is 11.3. The van der Waals surface area contributed by atoms with Crippen LogP contribution < -0.4 is 15.2 Å². The fourth-order valence-electron chi connectivity index (χ4n) is 3.26. The molecule has 3 aromatic rings. The number of hydrogen-bond donors (Lipinski definition) is 0. The largest absolute Gasteiger partial charge is 0.496 e. The van der Waals surface area contributed by atoms with Crippen molar-refractivity contribution < 1.29 is 14.3 Å². The van der Waals surface area contributed by atoms with Gasteiger partial charge in [-0.15, -0.1) is 0 Å². The average Bonchev–Trinajstić information content (AvgIpc) is 3.09. The number of tetrazole rings is 1. The average molecular weight is 425 g/mol. The first-order chi connectivity index (χ1) is 14.9. The van der Waals surface area contributed by atoms with Crippen LogP contribution in [0.25, 0.3) is 5.69 Å². The molecule has 0 amide bonds. The van der Waals surface area contributed by atoms with Crippen molar-refractivity contribution in [1.82, 2.24) is 19.8 Å². The molecule has 0 aliphatic carbocycles. The Morgan fingerprint density at radius 3 is 2.48 bits per heavy atom. The van der Waals surface area contributed by atoms with Gasteiger partial charge in [0.15, 0.2) is 0 Å². The maximum Gasteiger partial charge on any atom is 0.368 e. The second kappa shape index (κ2) is 9.46. The monoisotopic (exact) mass is 425 g/mol. The van der Waals surface area contributed by atoms with E-state index < -0.39 is 0 Å². The number of aromatic nitrogens is 4. The van der Waals surface area contributed by atoms with E-state index in [1.54, 1.807) is 33.4 Å². The van der Waals surface area contributed by atoms with Crippen molar-refractivity contribution in [2.24, 2.45) is 18.1 Å². The van der Waals surface area contributed by atoms with Crippen molar-refractivity contribution in [2.45, 2.75) is 27.4 Å². The molecule has 0 radical (unpaired) electrons. The summed E-state index contributed by atoms with van der Waals surface area (Å²) in [5, 5.41) is 11.9. The smallest absolute Gasteiger partial charge is 0.368 e. The molecule has 9 nitrogen and oxygen atoms in total. The SMILES string of the molecule is CON=C(c1ccc(OCc2c(OC)cccc2-n2nnn(C)c2=O)c(C)c1)C(C)C. The van der Waals surface area contributed by atoms with Gasteiger partial charge in [-0.3, -0.25) is 0 Å². The van der Waals surface area contributed by atoms with Crippen LogP contribution in [0.4, 0.5) is 0 Å². The van der Waals surface area contributed by atoms with Crippen molar-refractivity contribution in [2.75, 3.05) is 14.2 Å². The molecule has 1 aromatic heterocycles. The normalized spacial score (nSPS) is 11.6.